The van der Waals surface area contributed by atoms with Crippen LogP contribution in [0.4, 0.5) is 5.69 Å². The molecule has 0 bridgehead atoms. The smallest absolute Gasteiger partial charge is 0.311 e. The number of aliphatic hydroxyl groups is 1. The summed E-state index contributed by atoms with van der Waals surface area (Å²) in [5.41, 5.74) is 0.323. The van der Waals surface area contributed by atoms with E-state index in [-0.39, 0.29) is 30.8 Å². The molecule has 6 nitrogen and oxygen atoms in total. The van der Waals surface area contributed by atoms with E-state index in [2.05, 4.69) is 0 Å². The molecular weight excluding hydrogens is 226 g/mol. The van der Waals surface area contributed by atoms with E-state index < -0.39 is 4.92 Å². The maximum Gasteiger partial charge on any atom is 0.311 e. The van der Waals surface area contributed by atoms with Gasteiger partial charge >= 0.3 is 5.69 Å². The topological polar surface area (TPSA) is 81.8 Å². The number of nitrogens with zero attached hydrogens (tertiary/aromatic N) is 1. The number of ether oxygens (including phenoxy) is 2. The monoisotopic (exact) mass is 241 g/mol. The third-order valence-electron chi connectivity index (χ3n) is 2.28. The van der Waals surface area contributed by atoms with Gasteiger partial charge in [0.15, 0.2) is 5.75 Å². The number of hydrogen-bond donors (Lipinski definition) is 1. The lowest BCUT2D eigenvalue weighted by atomic mass is 10.2. The van der Waals surface area contributed by atoms with Crippen molar-refractivity contribution >= 4 is 5.69 Å². The molecule has 1 aromatic rings. The van der Waals surface area contributed by atoms with Gasteiger partial charge in [0.25, 0.3) is 0 Å². The van der Waals surface area contributed by atoms with Gasteiger partial charge in [0.05, 0.1) is 17.6 Å². The van der Waals surface area contributed by atoms with Gasteiger partial charge in [0.1, 0.15) is 6.61 Å². The summed E-state index contributed by atoms with van der Waals surface area (Å²) in [6, 6.07) is 4.36. The first-order valence-electron chi connectivity index (χ1n) is 5.12. The van der Waals surface area contributed by atoms with Crippen molar-refractivity contribution in [3.8, 4) is 5.75 Å². The number of nitro benzene ring substituents is 1. The Morgan fingerprint density at radius 2 is 2.24 bits per heavy atom. The Morgan fingerprint density at radius 1 is 1.53 bits per heavy atom. The third kappa shape index (κ3) is 3.69. The Kier molecular flexibility index (Phi) is 4.86. The van der Waals surface area contributed by atoms with Crippen LogP contribution in [0.3, 0.4) is 0 Å². The van der Waals surface area contributed by atoms with Crippen LogP contribution in [0.5, 0.6) is 5.75 Å². The molecule has 0 radical (unpaired) electrons. The van der Waals surface area contributed by atoms with E-state index in [1.54, 1.807) is 13.0 Å². The Hall–Kier alpha value is -1.66. The lowest BCUT2D eigenvalue weighted by Gasteiger charge is -2.11. The minimum atomic E-state index is -0.536. The molecular formula is C11H15NO5. The summed E-state index contributed by atoms with van der Waals surface area (Å²) in [6.45, 7) is 1.79. The van der Waals surface area contributed by atoms with Gasteiger partial charge in [-0.3, -0.25) is 10.1 Å². The predicted octanol–water partition coefficient (Wildman–Crippen LogP) is 1.50. The zero-order valence-electron chi connectivity index (χ0n) is 9.75. The number of methoxy groups -OCH3 is 1. The molecule has 0 heterocycles. The molecule has 0 amide bonds. The highest BCUT2D eigenvalue weighted by Crippen LogP contribution is 2.28. The molecule has 0 fully saturated rings. The quantitative estimate of drug-likeness (QED) is 0.603. The van der Waals surface area contributed by atoms with Crippen molar-refractivity contribution in [2.24, 2.45) is 0 Å². The lowest BCUT2D eigenvalue weighted by molar-refractivity contribution is -0.386. The molecule has 94 valence electrons. The minimum absolute atomic E-state index is 0.146. The van der Waals surface area contributed by atoms with Gasteiger partial charge in [-0.2, -0.15) is 0 Å². The second kappa shape index (κ2) is 6.17. The highest BCUT2D eigenvalue weighted by Gasteiger charge is 2.16. The second-order valence-electron chi connectivity index (χ2n) is 3.57. The minimum Gasteiger partial charge on any atom is -0.484 e. The van der Waals surface area contributed by atoms with E-state index in [1.807, 2.05) is 0 Å². The molecule has 0 spiro atoms. The predicted molar refractivity (Wildman–Crippen MR) is 61.0 cm³/mol. The van der Waals surface area contributed by atoms with Crippen molar-refractivity contribution in [1.29, 1.82) is 0 Å². The number of rotatable bonds is 6. The molecule has 0 aliphatic rings. The van der Waals surface area contributed by atoms with Crippen LogP contribution in [0.15, 0.2) is 18.2 Å². The van der Waals surface area contributed by atoms with Gasteiger partial charge in [-0.15, -0.1) is 0 Å². The summed E-state index contributed by atoms with van der Waals surface area (Å²) in [6.07, 6.45) is -0.146. The van der Waals surface area contributed by atoms with Gasteiger partial charge in [0.2, 0.25) is 0 Å². The summed E-state index contributed by atoms with van der Waals surface area (Å²) < 4.78 is 10.3. The van der Waals surface area contributed by atoms with Gasteiger partial charge in [-0.25, -0.2) is 0 Å². The van der Waals surface area contributed by atoms with Crippen LogP contribution in [0.1, 0.15) is 12.5 Å². The Morgan fingerprint density at radius 3 is 2.76 bits per heavy atom. The average Bonchev–Trinajstić information content (AvgIpc) is 2.35. The molecule has 0 aliphatic carbocycles. The highest BCUT2D eigenvalue weighted by atomic mass is 16.6. The van der Waals surface area contributed by atoms with Crippen molar-refractivity contribution in [3.05, 3.63) is 33.9 Å². The molecule has 1 N–H and O–H groups in total. The highest BCUT2D eigenvalue weighted by molar-refractivity contribution is 5.48. The maximum atomic E-state index is 10.8. The number of nitro groups is 1. The summed E-state index contributed by atoms with van der Waals surface area (Å²) in [4.78, 5) is 10.3. The van der Waals surface area contributed by atoms with Crippen LogP contribution in [0.2, 0.25) is 0 Å². The van der Waals surface area contributed by atoms with E-state index in [0.29, 0.717) is 5.56 Å². The van der Waals surface area contributed by atoms with Crippen molar-refractivity contribution in [2.75, 3.05) is 13.7 Å². The van der Waals surface area contributed by atoms with Crippen LogP contribution in [0, 0.1) is 10.1 Å². The fourth-order valence-corrected chi connectivity index (χ4v) is 1.20. The molecule has 0 aromatic heterocycles. The normalized spacial score (nSPS) is 12.2. The van der Waals surface area contributed by atoms with E-state index >= 15 is 0 Å². The van der Waals surface area contributed by atoms with E-state index in [1.165, 1.54) is 19.2 Å². The summed E-state index contributed by atoms with van der Waals surface area (Å²) >= 11 is 0. The Balaban J connectivity index is 2.87. The van der Waals surface area contributed by atoms with Crippen LogP contribution < -0.4 is 4.74 Å². The van der Waals surface area contributed by atoms with Gasteiger partial charge in [-0.05, 0) is 18.6 Å². The summed E-state index contributed by atoms with van der Waals surface area (Å²) in [5.74, 6) is 0.177. The summed E-state index contributed by atoms with van der Waals surface area (Å²) in [5, 5.41) is 19.7. The molecule has 17 heavy (non-hydrogen) atoms. The van der Waals surface area contributed by atoms with Crippen LogP contribution >= 0.6 is 0 Å². The van der Waals surface area contributed by atoms with E-state index in [4.69, 9.17) is 14.6 Å². The summed E-state index contributed by atoms with van der Waals surface area (Å²) in [7, 11) is 1.54. The van der Waals surface area contributed by atoms with Crippen molar-refractivity contribution in [3.63, 3.8) is 0 Å². The van der Waals surface area contributed by atoms with Crippen LogP contribution in [-0.2, 0) is 11.3 Å². The van der Waals surface area contributed by atoms with Crippen molar-refractivity contribution in [1.82, 2.24) is 0 Å². The molecule has 1 aromatic carbocycles. The molecule has 0 saturated carbocycles. The molecule has 0 aliphatic heterocycles. The van der Waals surface area contributed by atoms with E-state index in [0.717, 1.165) is 0 Å². The lowest BCUT2D eigenvalue weighted by Crippen LogP contribution is -2.16. The maximum absolute atomic E-state index is 10.8. The first-order chi connectivity index (χ1) is 8.08. The van der Waals surface area contributed by atoms with Gasteiger partial charge in [0, 0.05) is 13.2 Å². The zero-order chi connectivity index (χ0) is 12.8. The fraction of sp³-hybridized carbons (Fsp3) is 0.455. The average molecular weight is 241 g/mol. The van der Waals surface area contributed by atoms with E-state index in [9.17, 15) is 10.1 Å². The molecule has 6 heteroatoms. The number of benzene rings is 1. The molecule has 0 saturated heterocycles. The number of hydrogen-bond acceptors (Lipinski definition) is 5. The van der Waals surface area contributed by atoms with Crippen molar-refractivity contribution < 1.29 is 19.5 Å². The Bertz CT molecular complexity index is 393. The fourth-order valence-electron chi connectivity index (χ4n) is 1.20. The largest absolute Gasteiger partial charge is 0.484 e. The molecule has 1 unspecified atom stereocenters. The SMILES string of the molecule is COC(C)COc1ccc(CO)cc1[N+](=O)[O-]. The first-order valence-corrected chi connectivity index (χ1v) is 5.12. The second-order valence-corrected chi connectivity index (χ2v) is 3.57. The van der Waals surface area contributed by atoms with Crippen LogP contribution in [0.25, 0.3) is 0 Å². The first kappa shape index (κ1) is 13.4. The molecule has 1 rings (SSSR count). The van der Waals surface area contributed by atoms with Gasteiger partial charge in [-0.1, -0.05) is 6.07 Å². The van der Waals surface area contributed by atoms with Crippen LogP contribution in [-0.4, -0.2) is 29.9 Å². The standard InChI is InChI=1S/C11H15NO5/c1-8(16-2)7-17-11-4-3-9(6-13)5-10(11)12(14)15/h3-5,8,13H,6-7H2,1-2H3. The molecule has 1 atom stereocenters. The Labute approximate surface area is 98.9 Å². The zero-order valence-corrected chi connectivity index (χ0v) is 9.75. The number of aliphatic hydroxyl groups excluding tert-OH is 1. The van der Waals surface area contributed by atoms with Gasteiger partial charge < -0.3 is 14.6 Å². The van der Waals surface area contributed by atoms with Crippen molar-refractivity contribution in [2.45, 2.75) is 19.6 Å². The third-order valence-corrected chi connectivity index (χ3v) is 2.28.